The van der Waals surface area contributed by atoms with Crippen molar-refractivity contribution in [2.75, 3.05) is 45.2 Å². The number of piperidine rings is 1. The van der Waals surface area contributed by atoms with Gasteiger partial charge in [0.15, 0.2) is 5.96 Å². The Morgan fingerprint density at radius 2 is 2.11 bits per heavy atom. The van der Waals surface area contributed by atoms with E-state index in [0.29, 0.717) is 6.04 Å². The first-order valence-corrected chi connectivity index (χ1v) is 8.88. The molecular weight excluding hydrogens is 256 g/mol. The number of aliphatic imine (C=N–C) groups is 1. The number of thioether (sulfide) groups is 1. The predicted molar refractivity (Wildman–Crippen MR) is 87.2 cm³/mol. The van der Waals surface area contributed by atoms with Crippen LogP contribution in [0.3, 0.4) is 0 Å². The highest BCUT2D eigenvalue weighted by Crippen LogP contribution is 2.10. The minimum absolute atomic E-state index is 0.583. The van der Waals surface area contributed by atoms with Crippen LogP contribution in [0.5, 0.6) is 0 Å². The highest BCUT2D eigenvalue weighted by atomic mass is 32.2. The molecule has 1 saturated heterocycles. The number of nitrogens with one attached hydrogen (secondary N) is 2. The fourth-order valence-electron chi connectivity index (χ4n) is 2.43. The zero-order valence-corrected chi connectivity index (χ0v) is 13.6. The summed E-state index contributed by atoms with van der Waals surface area (Å²) in [5.41, 5.74) is 0. The molecule has 0 saturated carbocycles. The van der Waals surface area contributed by atoms with E-state index in [1.807, 2.05) is 18.8 Å². The Bertz CT molecular complexity index is 250. The minimum atomic E-state index is 0.583. The van der Waals surface area contributed by atoms with E-state index in [2.05, 4.69) is 33.7 Å². The van der Waals surface area contributed by atoms with Gasteiger partial charge in [-0.15, -0.1) is 0 Å². The van der Waals surface area contributed by atoms with Crippen molar-refractivity contribution in [1.29, 1.82) is 0 Å². The Hall–Kier alpha value is -0.420. The van der Waals surface area contributed by atoms with E-state index in [0.717, 1.165) is 12.5 Å². The van der Waals surface area contributed by atoms with Crippen LogP contribution < -0.4 is 10.6 Å². The van der Waals surface area contributed by atoms with E-state index >= 15 is 0 Å². The molecule has 1 heterocycles. The summed E-state index contributed by atoms with van der Waals surface area (Å²) in [4.78, 5) is 6.87. The first-order valence-electron chi connectivity index (χ1n) is 7.48. The summed E-state index contributed by atoms with van der Waals surface area (Å²) in [6, 6.07) is 0.583. The fraction of sp³-hybridized carbons (Fsp3) is 0.929. The molecule has 5 heteroatoms. The van der Waals surface area contributed by atoms with Crippen LogP contribution in [0.1, 0.15) is 32.6 Å². The molecule has 0 aromatic carbocycles. The maximum absolute atomic E-state index is 4.31. The zero-order valence-electron chi connectivity index (χ0n) is 12.7. The molecule has 2 N–H and O–H groups in total. The quantitative estimate of drug-likeness (QED) is 0.425. The lowest BCUT2D eigenvalue weighted by atomic mass is 10.1. The van der Waals surface area contributed by atoms with E-state index in [-0.39, 0.29) is 0 Å². The number of rotatable bonds is 7. The second-order valence-corrected chi connectivity index (χ2v) is 6.09. The Morgan fingerprint density at radius 1 is 1.37 bits per heavy atom. The van der Waals surface area contributed by atoms with E-state index < -0.39 is 0 Å². The highest BCUT2D eigenvalue weighted by Gasteiger charge is 2.18. The van der Waals surface area contributed by atoms with Gasteiger partial charge in [0, 0.05) is 32.7 Å². The molecule has 1 fully saturated rings. The molecule has 0 atom stereocenters. The third-order valence-corrected chi connectivity index (χ3v) is 4.21. The van der Waals surface area contributed by atoms with Gasteiger partial charge < -0.3 is 15.5 Å². The molecule has 19 heavy (non-hydrogen) atoms. The normalized spacial score (nSPS) is 18.6. The topological polar surface area (TPSA) is 39.7 Å². The van der Waals surface area contributed by atoms with Crippen LogP contribution in [-0.2, 0) is 0 Å². The van der Waals surface area contributed by atoms with Gasteiger partial charge >= 0.3 is 0 Å². The molecule has 1 aliphatic rings. The smallest absolute Gasteiger partial charge is 0.191 e. The largest absolute Gasteiger partial charge is 0.356 e. The average molecular weight is 286 g/mol. The third-order valence-electron chi connectivity index (χ3n) is 3.51. The second kappa shape index (κ2) is 10.4. The first kappa shape index (κ1) is 16.6. The summed E-state index contributed by atoms with van der Waals surface area (Å²) in [6.07, 6.45) is 7.06. The maximum Gasteiger partial charge on any atom is 0.191 e. The van der Waals surface area contributed by atoms with Gasteiger partial charge in [0.1, 0.15) is 0 Å². The molecule has 0 bridgehead atoms. The summed E-state index contributed by atoms with van der Waals surface area (Å²) in [7, 11) is 1.86. The number of nitrogens with zero attached hydrogens (tertiary/aromatic N) is 2. The van der Waals surface area contributed by atoms with Crippen molar-refractivity contribution in [1.82, 2.24) is 15.5 Å². The number of hydrogen-bond acceptors (Lipinski definition) is 3. The molecular formula is C14H30N4S. The lowest BCUT2D eigenvalue weighted by molar-refractivity contribution is 0.206. The van der Waals surface area contributed by atoms with E-state index in [9.17, 15) is 0 Å². The summed E-state index contributed by atoms with van der Waals surface area (Å²) >= 11 is 1.90. The Labute approximate surface area is 122 Å². The zero-order chi connectivity index (χ0) is 13.9. The van der Waals surface area contributed by atoms with E-state index in [1.165, 1.54) is 51.1 Å². The monoisotopic (exact) mass is 286 g/mol. The van der Waals surface area contributed by atoms with Crippen molar-refractivity contribution in [3.63, 3.8) is 0 Å². The summed E-state index contributed by atoms with van der Waals surface area (Å²) < 4.78 is 0. The van der Waals surface area contributed by atoms with Crippen LogP contribution in [-0.4, -0.2) is 62.1 Å². The van der Waals surface area contributed by atoms with Crippen LogP contribution in [0.4, 0.5) is 0 Å². The summed E-state index contributed by atoms with van der Waals surface area (Å²) in [5.74, 6) is 2.18. The van der Waals surface area contributed by atoms with Crippen LogP contribution in [0.2, 0.25) is 0 Å². The minimum Gasteiger partial charge on any atom is -0.356 e. The Morgan fingerprint density at radius 3 is 2.68 bits per heavy atom. The molecule has 0 radical (unpaired) electrons. The molecule has 0 unspecified atom stereocenters. The van der Waals surface area contributed by atoms with Crippen molar-refractivity contribution in [3.8, 4) is 0 Å². The van der Waals surface area contributed by atoms with E-state index in [1.54, 1.807) is 0 Å². The van der Waals surface area contributed by atoms with Crippen molar-refractivity contribution < 1.29 is 0 Å². The molecule has 0 aromatic rings. The lowest BCUT2D eigenvalue weighted by Crippen LogP contribution is -2.48. The maximum atomic E-state index is 4.31. The van der Waals surface area contributed by atoms with Crippen molar-refractivity contribution in [3.05, 3.63) is 0 Å². The van der Waals surface area contributed by atoms with Gasteiger partial charge in [0.05, 0.1) is 0 Å². The molecule has 1 aliphatic heterocycles. The van der Waals surface area contributed by atoms with Crippen LogP contribution >= 0.6 is 11.8 Å². The number of hydrogen-bond donors (Lipinski definition) is 2. The second-order valence-electron chi connectivity index (χ2n) is 5.11. The van der Waals surface area contributed by atoms with Gasteiger partial charge in [0.2, 0.25) is 0 Å². The summed E-state index contributed by atoms with van der Waals surface area (Å²) in [6.45, 7) is 6.94. The third kappa shape index (κ3) is 7.06. The molecule has 112 valence electrons. The van der Waals surface area contributed by atoms with Crippen molar-refractivity contribution in [2.24, 2.45) is 4.99 Å². The number of likely N-dealkylation sites (tertiary alicyclic amines) is 1. The Balaban J connectivity index is 2.18. The SMILES string of the molecule is CCCN1CCC(NC(=NC)NCCCSC)CC1. The molecule has 4 nitrogen and oxygen atoms in total. The van der Waals surface area contributed by atoms with Gasteiger partial charge in [-0.05, 0) is 44.2 Å². The van der Waals surface area contributed by atoms with Gasteiger partial charge in [-0.25, -0.2) is 0 Å². The summed E-state index contributed by atoms with van der Waals surface area (Å²) in [5, 5.41) is 6.95. The van der Waals surface area contributed by atoms with Crippen molar-refractivity contribution in [2.45, 2.75) is 38.6 Å². The highest BCUT2D eigenvalue weighted by molar-refractivity contribution is 7.98. The molecule has 1 rings (SSSR count). The average Bonchev–Trinajstić information content (AvgIpc) is 2.44. The van der Waals surface area contributed by atoms with E-state index in [4.69, 9.17) is 0 Å². The fourth-order valence-corrected chi connectivity index (χ4v) is 2.86. The molecule has 0 amide bonds. The molecule has 0 spiro atoms. The molecule has 0 aliphatic carbocycles. The van der Waals surface area contributed by atoms with Gasteiger partial charge in [-0.3, -0.25) is 4.99 Å². The standard InChI is InChI=1S/C14H30N4S/c1-4-9-18-10-6-13(7-11-18)17-14(15-2)16-8-5-12-19-3/h13H,4-12H2,1-3H3,(H2,15,16,17). The van der Waals surface area contributed by atoms with Gasteiger partial charge in [-0.2, -0.15) is 11.8 Å². The Kier molecular flexibility index (Phi) is 9.08. The lowest BCUT2D eigenvalue weighted by Gasteiger charge is -2.32. The van der Waals surface area contributed by atoms with Crippen LogP contribution in [0.25, 0.3) is 0 Å². The van der Waals surface area contributed by atoms with Crippen molar-refractivity contribution >= 4 is 17.7 Å². The molecule has 0 aromatic heterocycles. The van der Waals surface area contributed by atoms with Gasteiger partial charge in [0.25, 0.3) is 0 Å². The number of guanidine groups is 1. The van der Waals surface area contributed by atoms with Crippen LogP contribution in [0, 0.1) is 0 Å². The van der Waals surface area contributed by atoms with Crippen LogP contribution in [0.15, 0.2) is 4.99 Å². The van der Waals surface area contributed by atoms with Gasteiger partial charge in [-0.1, -0.05) is 6.92 Å². The predicted octanol–water partition coefficient (Wildman–Crippen LogP) is 1.78. The first-order chi connectivity index (χ1) is 9.30.